The van der Waals surface area contributed by atoms with E-state index in [-0.39, 0.29) is 4.90 Å². The second-order valence-corrected chi connectivity index (χ2v) is 8.83. The molecule has 0 aliphatic heterocycles. The molecule has 0 atom stereocenters. The van der Waals surface area contributed by atoms with Crippen molar-refractivity contribution >= 4 is 51.1 Å². The molecule has 0 aromatic heterocycles. The number of aryl methyl sites for hydroxylation is 1. The number of hydrogen-bond acceptors (Lipinski definition) is 4. The van der Waals surface area contributed by atoms with Gasteiger partial charge >= 0.3 is 0 Å². The Labute approximate surface area is 114 Å². The molecule has 0 aliphatic carbocycles. The summed E-state index contributed by atoms with van der Waals surface area (Å²) in [6, 6.07) is 6.37. The Morgan fingerprint density at radius 1 is 1.00 bits per heavy atom. The van der Waals surface area contributed by atoms with Gasteiger partial charge in [-0.3, -0.25) is 0 Å². The second-order valence-electron chi connectivity index (χ2n) is 2.90. The Morgan fingerprint density at radius 3 is 1.59 bits per heavy atom. The van der Waals surface area contributed by atoms with E-state index in [1.807, 2.05) is 6.92 Å². The molecule has 0 bridgehead atoms. The van der Waals surface area contributed by atoms with Gasteiger partial charge in [-0.05, 0) is 19.1 Å². The molecular weight excluding hydrogens is 331 g/mol. The minimum Gasteiger partial charge on any atom is -0.211 e. The lowest BCUT2D eigenvalue weighted by Gasteiger charge is -1.94. The molecule has 0 fully saturated rings. The SMILES string of the molecule is Cc1ccc(S(=O)(=O)Cl)cc1.O=S(=O)(Cl)CCl. The van der Waals surface area contributed by atoms with E-state index in [0.717, 1.165) is 5.56 Å². The van der Waals surface area contributed by atoms with Crippen LogP contribution in [0.5, 0.6) is 0 Å². The van der Waals surface area contributed by atoms with Gasteiger partial charge in [-0.15, -0.1) is 11.6 Å². The number of benzene rings is 1. The predicted octanol–water partition coefficient (Wildman–Crippen LogP) is 2.67. The molecule has 0 amide bonds. The van der Waals surface area contributed by atoms with Crippen molar-refractivity contribution in [3.63, 3.8) is 0 Å². The van der Waals surface area contributed by atoms with Crippen LogP contribution in [-0.4, -0.2) is 22.0 Å². The van der Waals surface area contributed by atoms with Crippen molar-refractivity contribution in [2.24, 2.45) is 0 Å². The van der Waals surface area contributed by atoms with E-state index in [1.165, 1.54) is 12.1 Å². The summed E-state index contributed by atoms with van der Waals surface area (Å²) < 4.78 is 40.7. The Kier molecular flexibility index (Phi) is 6.79. The van der Waals surface area contributed by atoms with Crippen LogP contribution < -0.4 is 0 Å². The summed E-state index contributed by atoms with van der Waals surface area (Å²) in [4.78, 5) is 0.143. The van der Waals surface area contributed by atoms with E-state index >= 15 is 0 Å². The minimum atomic E-state index is -3.55. The minimum absolute atomic E-state index is 0.143. The molecule has 0 aliphatic rings. The van der Waals surface area contributed by atoms with Gasteiger partial charge < -0.3 is 0 Å². The fourth-order valence-electron chi connectivity index (χ4n) is 0.701. The average Bonchev–Trinajstić information content (AvgIpc) is 2.17. The Morgan fingerprint density at radius 2 is 1.35 bits per heavy atom. The van der Waals surface area contributed by atoms with Crippen molar-refractivity contribution in [2.45, 2.75) is 11.8 Å². The lowest BCUT2D eigenvalue weighted by atomic mass is 10.2. The van der Waals surface area contributed by atoms with Gasteiger partial charge in [0.1, 0.15) is 5.21 Å². The lowest BCUT2D eigenvalue weighted by Crippen LogP contribution is -1.89. The van der Waals surface area contributed by atoms with Gasteiger partial charge in [0.05, 0.1) is 4.90 Å². The molecule has 0 heterocycles. The number of hydrogen-bond donors (Lipinski definition) is 0. The average molecular weight is 340 g/mol. The molecule has 0 saturated carbocycles. The zero-order chi connectivity index (χ0) is 13.7. The summed E-state index contributed by atoms with van der Waals surface area (Å²) in [5.41, 5.74) is 1.01. The first-order chi connectivity index (χ1) is 7.56. The fourth-order valence-corrected chi connectivity index (χ4v) is 1.47. The molecular formula is C8H9Cl3O4S2. The van der Waals surface area contributed by atoms with Crippen LogP contribution in [0.4, 0.5) is 0 Å². The first kappa shape index (κ1) is 17.0. The first-order valence-corrected chi connectivity index (χ1v) is 9.38. The topological polar surface area (TPSA) is 68.3 Å². The summed E-state index contributed by atoms with van der Waals surface area (Å²) in [5, 5.41) is -0.519. The highest BCUT2D eigenvalue weighted by Crippen LogP contribution is 2.14. The van der Waals surface area contributed by atoms with Crippen LogP contribution >= 0.6 is 33.0 Å². The van der Waals surface area contributed by atoms with E-state index in [0.29, 0.717) is 0 Å². The normalized spacial score (nSPS) is 11.5. The summed E-state index contributed by atoms with van der Waals surface area (Å²) >= 11 is 4.76. The summed E-state index contributed by atoms with van der Waals surface area (Å²) in [7, 11) is 2.67. The zero-order valence-corrected chi connectivity index (χ0v) is 12.5. The van der Waals surface area contributed by atoms with Crippen molar-refractivity contribution in [3.8, 4) is 0 Å². The molecule has 0 spiro atoms. The number of rotatable bonds is 2. The van der Waals surface area contributed by atoms with Gasteiger partial charge in [-0.2, -0.15) is 0 Å². The van der Waals surface area contributed by atoms with Gasteiger partial charge in [-0.25, -0.2) is 16.8 Å². The third-order valence-corrected chi connectivity index (χ3v) is 4.59. The van der Waals surface area contributed by atoms with Crippen molar-refractivity contribution in [1.82, 2.24) is 0 Å². The van der Waals surface area contributed by atoms with E-state index in [2.05, 4.69) is 10.7 Å². The smallest absolute Gasteiger partial charge is 0.211 e. The van der Waals surface area contributed by atoms with Crippen molar-refractivity contribution < 1.29 is 16.8 Å². The quantitative estimate of drug-likeness (QED) is 0.613. The van der Waals surface area contributed by atoms with Gasteiger partial charge in [0.15, 0.2) is 0 Å². The van der Waals surface area contributed by atoms with Crippen LogP contribution in [0.25, 0.3) is 0 Å². The highest BCUT2D eigenvalue weighted by atomic mass is 35.7. The maximum atomic E-state index is 10.7. The van der Waals surface area contributed by atoms with E-state index in [9.17, 15) is 16.8 Å². The van der Waals surface area contributed by atoms with Gasteiger partial charge in [-0.1, -0.05) is 17.7 Å². The molecule has 9 heteroatoms. The van der Waals surface area contributed by atoms with Crippen LogP contribution in [0, 0.1) is 6.92 Å². The number of halogens is 3. The molecule has 17 heavy (non-hydrogen) atoms. The van der Waals surface area contributed by atoms with E-state index in [1.54, 1.807) is 12.1 Å². The molecule has 1 rings (SSSR count). The Bertz CT molecular complexity index is 549. The fraction of sp³-hybridized carbons (Fsp3) is 0.250. The maximum absolute atomic E-state index is 10.7. The Balaban J connectivity index is 0.000000366. The molecule has 4 nitrogen and oxygen atoms in total. The molecule has 0 unspecified atom stereocenters. The Hall–Kier alpha value is -0.0100. The third kappa shape index (κ3) is 8.68. The summed E-state index contributed by atoms with van der Waals surface area (Å²) in [6.45, 7) is 1.88. The van der Waals surface area contributed by atoms with Gasteiger partial charge in [0.25, 0.3) is 9.05 Å². The van der Waals surface area contributed by atoms with Crippen LogP contribution in [0.3, 0.4) is 0 Å². The largest absolute Gasteiger partial charge is 0.261 e. The van der Waals surface area contributed by atoms with Gasteiger partial charge in [0, 0.05) is 21.4 Å². The highest BCUT2D eigenvalue weighted by Gasteiger charge is 2.07. The maximum Gasteiger partial charge on any atom is 0.261 e. The highest BCUT2D eigenvalue weighted by molar-refractivity contribution is 8.14. The second kappa shape index (κ2) is 6.80. The summed E-state index contributed by atoms with van der Waals surface area (Å²) in [5.74, 6) is 0. The van der Waals surface area contributed by atoms with Crippen LogP contribution in [0.1, 0.15) is 5.56 Å². The molecule has 0 saturated heterocycles. The standard InChI is InChI=1S/C7H7ClO2S.CH2Cl2O2S/c1-6-2-4-7(5-3-6)11(8,9)10;2-1-6(3,4)5/h2-5H,1H3;1H2. The predicted molar refractivity (Wildman–Crippen MR) is 69.7 cm³/mol. The monoisotopic (exact) mass is 338 g/mol. The molecule has 98 valence electrons. The van der Waals surface area contributed by atoms with E-state index in [4.69, 9.17) is 22.3 Å². The van der Waals surface area contributed by atoms with Crippen molar-refractivity contribution in [2.75, 3.05) is 5.21 Å². The molecule has 1 aromatic carbocycles. The van der Waals surface area contributed by atoms with Gasteiger partial charge in [0.2, 0.25) is 9.05 Å². The summed E-state index contributed by atoms with van der Waals surface area (Å²) in [6.07, 6.45) is 0. The lowest BCUT2D eigenvalue weighted by molar-refractivity contribution is 0.609. The zero-order valence-electron chi connectivity index (χ0n) is 8.60. The number of alkyl halides is 1. The van der Waals surface area contributed by atoms with E-state index < -0.39 is 23.3 Å². The van der Waals surface area contributed by atoms with Crippen molar-refractivity contribution in [3.05, 3.63) is 29.8 Å². The molecule has 1 aromatic rings. The van der Waals surface area contributed by atoms with Crippen LogP contribution in [0.15, 0.2) is 29.2 Å². The molecule has 0 N–H and O–H groups in total. The third-order valence-electron chi connectivity index (χ3n) is 1.43. The molecule has 0 radical (unpaired) electrons. The van der Waals surface area contributed by atoms with Crippen LogP contribution in [-0.2, 0) is 18.1 Å². The van der Waals surface area contributed by atoms with Crippen molar-refractivity contribution in [1.29, 1.82) is 0 Å². The first-order valence-electron chi connectivity index (χ1n) is 4.06. The van der Waals surface area contributed by atoms with Crippen LogP contribution in [0.2, 0.25) is 0 Å².